The third-order valence-electron chi connectivity index (χ3n) is 6.49. The molecule has 0 unspecified atom stereocenters. The van der Waals surface area contributed by atoms with E-state index in [-0.39, 0.29) is 18.3 Å². The number of halogens is 2. The first kappa shape index (κ1) is 22.9. The number of carbonyl (C=O) groups excluding carboxylic acids is 1. The van der Waals surface area contributed by atoms with Gasteiger partial charge in [-0.15, -0.1) is 12.4 Å². The van der Waals surface area contributed by atoms with Crippen LogP contribution in [0.1, 0.15) is 29.0 Å². The monoisotopic (exact) mass is 447 g/mol. The van der Waals surface area contributed by atoms with Gasteiger partial charge in [0.25, 0.3) is 0 Å². The number of amides is 1. The number of aryl methyl sites for hydroxylation is 2. The highest BCUT2D eigenvalue weighted by Crippen LogP contribution is 2.34. The number of hydrogen-bond donors (Lipinski definition) is 1. The molecule has 2 aliphatic heterocycles. The summed E-state index contributed by atoms with van der Waals surface area (Å²) in [6.07, 6.45) is 1.02. The molecular formula is C24H31Cl2N3O. The van der Waals surface area contributed by atoms with E-state index in [1.807, 2.05) is 12.1 Å². The van der Waals surface area contributed by atoms with Crippen LogP contribution in [0.2, 0.25) is 5.02 Å². The molecule has 2 fully saturated rings. The Hall–Kier alpha value is -1.75. The summed E-state index contributed by atoms with van der Waals surface area (Å²) in [6, 6.07) is 14.6. The van der Waals surface area contributed by atoms with Crippen LogP contribution in [-0.4, -0.2) is 50.1 Å². The van der Waals surface area contributed by atoms with E-state index in [0.717, 1.165) is 50.7 Å². The van der Waals surface area contributed by atoms with Crippen LogP contribution >= 0.6 is 24.0 Å². The third kappa shape index (κ3) is 4.77. The summed E-state index contributed by atoms with van der Waals surface area (Å²) in [5.41, 5.74) is 5.03. The van der Waals surface area contributed by atoms with Crippen molar-refractivity contribution in [2.24, 2.45) is 5.92 Å². The Kier molecular flexibility index (Phi) is 7.67. The van der Waals surface area contributed by atoms with Crippen LogP contribution in [0.5, 0.6) is 0 Å². The molecule has 0 aromatic heterocycles. The number of carbonyl (C=O) groups is 1. The molecule has 4 rings (SSSR count). The molecule has 0 spiro atoms. The summed E-state index contributed by atoms with van der Waals surface area (Å²) < 4.78 is 0. The molecule has 0 bridgehead atoms. The van der Waals surface area contributed by atoms with Crippen LogP contribution in [0.4, 0.5) is 5.69 Å². The fraction of sp³-hybridized carbons (Fsp3) is 0.458. The van der Waals surface area contributed by atoms with E-state index in [1.165, 1.54) is 22.4 Å². The van der Waals surface area contributed by atoms with Crippen molar-refractivity contribution in [3.05, 3.63) is 64.2 Å². The third-order valence-corrected chi connectivity index (χ3v) is 6.73. The lowest BCUT2D eigenvalue weighted by molar-refractivity contribution is -0.137. The van der Waals surface area contributed by atoms with E-state index in [0.29, 0.717) is 11.8 Å². The zero-order valence-electron chi connectivity index (χ0n) is 17.7. The van der Waals surface area contributed by atoms with Gasteiger partial charge in [0, 0.05) is 43.4 Å². The number of nitrogens with zero attached hydrogens (tertiary/aromatic N) is 2. The lowest BCUT2D eigenvalue weighted by Crippen LogP contribution is -2.53. The Morgan fingerprint density at radius 1 is 1.03 bits per heavy atom. The maximum absolute atomic E-state index is 13.5. The smallest absolute Gasteiger partial charge is 0.227 e. The van der Waals surface area contributed by atoms with Crippen molar-refractivity contribution in [1.82, 2.24) is 10.2 Å². The number of rotatable bonds is 3. The molecule has 162 valence electrons. The van der Waals surface area contributed by atoms with Gasteiger partial charge in [-0.3, -0.25) is 4.79 Å². The Morgan fingerprint density at radius 2 is 1.77 bits per heavy atom. The average Bonchev–Trinajstić information content (AvgIpc) is 2.75. The average molecular weight is 448 g/mol. The number of piperazine rings is 1. The minimum Gasteiger partial charge on any atom is -0.368 e. The van der Waals surface area contributed by atoms with Crippen molar-refractivity contribution >= 4 is 35.6 Å². The number of benzene rings is 2. The fourth-order valence-corrected chi connectivity index (χ4v) is 4.98. The first-order chi connectivity index (χ1) is 14.0. The summed E-state index contributed by atoms with van der Waals surface area (Å²) in [5.74, 6) is 0.621. The van der Waals surface area contributed by atoms with Crippen molar-refractivity contribution < 1.29 is 4.79 Å². The van der Waals surface area contributed by atoms with Crippen LogP contribution in [0.3, 0.4) is 0 Å². The van der Waals surface area contributed by atoms with E-state index in [9.17, 15) is 4.79 Å². The first-order valence-electron chi connectivity index (χ1n) is 10.6. The minimum absolute atomic E-state index is 0. The number of hydrogen-bond acceptors (Lipinski definition) is 3. The molecular weight excluding hydrogens is 417 g/mol. The van der Waals surface area contributed by atoms with Crippen molar-refractivity contribution in [1.29, 1.82) is 0 Å². The highest BCUT2D eigenvalue weighted by Gasteiger charge is 2.36. The topological polar surface area (TPSA) is 35.6 Å². The van der Waals surface area contributed by atoms with Crippen molar-refractivity contribution in [3.63, 3.8) is 0 Å². The van der Waals surface area contributed by atoms with E-state index >= 15 is 0 Å². The molecule has 4 nitrogen and oxygen atoms in total. The summed E-state index contributed by atoms with van der Waals surface area (Å²) in [4.78, 5) is 17.9. The van der Waals surface area contributed by atoms with Gasteiger partial charge < -0.3 is 15.1 Å². The van der Waals surface area contributed by atoms with Gasteiger partial charge in [-0.05, 0) is 61.6 Å². The first-order valence-corrected chi connectivity index (χ1v) is 11.0. The molecule has 2 atom stereocenters. The number of piperidine rings is 1. The van der Waals surface area contributed by atoms with E-state index in [2.05, 4.69) is 59.3 Å². The molecule has 2 heterocycles. The van der Waals surface area contributed by atoms with E-state index < -0.39 is 0 Å². The molecule has 1 amide bonds. The zero-order valence-corrected chi connectivity index (χ0v) is 19.3. The SMILES string of the molecule is Cc1ccccc1[C@@H]1CCNC[C@H]1C(=O)N1CCN(c2cc(Cl)ccc2C)CC1.Cl. The Bertz CT molecular complexity index is 881. The Labute approximate surface area is 191 Å². The minimum atomic E-state index is 0. The van der Waals surface area contributed by atoms with Gasteiger partial charge in [0.1, 0.15) is 0 Å². The molecule has 0 aliphatic carbocycles. The summed E-state index contributed by atoms with van der Waals surface area (Å²) >= 11 is 6.21. The van der Waals surface area contributed by atoms with Gasteiger partial charge in [0.2, 0.25) is 5.91 Å². The second kappa shape index (κ2) is 10.0. The Morgan fingerprint density at radius 3 is 2.50 bits per heavy atom. The second-order valence-electron chi connectivity index (χ2n) is 8.31. The zero-order chi connectivity index (χ0) is 20.4. The van der Waals surface area contributed by atoms with Crippen LogP contribution in [0.15, 0.2) is 42.5 Å². The van der Waals surface area contributed by atoms with Gasteiger partial charge in [0.15, 0.2) is 0 Å². The van der Waals surface area contributed by atoms with Gasteiger partial charge >= 0.3 is 0 Å². The molecule has 2 aliphatic rings. The van der Waals surface area contributed by atoms with Crippen molar-refractivity contribution in [3.8, 4) is 0 Å². The van der Waals surface area contributed by atoms with Gasteiger partial charge in [-0.25, -0.2) is 0 Å². The van der Waals surface area contributed by atoms with Crippen molar-refractivity contribution in [2.45, 2.75) is 26.2 Å². The molecule has 30 heavy (non-hydrogen) atoms. The second-order valence-corrected chi connectivity index (χ2v) is 8.74. The molecule has 2 aromatic rings. The van der Waals surface area contributed by atoms with E-state index in [1.54, 1.807) is 0 Å². The number of anilines is 1. The standard InChI is InChI=1S/C24H30ClN3O.ClH/c1-17-5-3-4-6-20(17)21-9-10-26-16-22(21)24(29)28-13-11-27(12-14-28)23-15-19(25)8-7-18(23)2;/h3-8,15,21-22,26H,9-14,16H2,1-2H3;1H/t21-,22+;/m0./s1. The van der Waals surface area contributed by atoms with Gasteiger partial charge in [-0.1, -0.05) is 41.9 Å². The van der Waals surface area contributed by atoms with Gasteiger partial charge in [-0.2, -0.15) is 0 Å². The quantitative estimate of drug-likeness (QED) is 0.755. The maximum atomic E-state index is 13.5. The lowest BCUT2D eigenvalue weighted by atomic mass is 9.78. The Balaban J connectivity index is 0.00000256. The van der Waals surface area contributed by atoms with Crippen LogP contribution in [-0.2, 0) is 4.79 Å². The van der Waals surface area contributed by atoms with Crippen LogP contribution in [0.25, 0.3) is 0 Å². The van der Waals surface area contributed by atoms with Crippen molar-refractivity contribution in [2.75, 3.05) is 44.2 Å². The summed E-state index contributed by atoms with van der Waals surface area (Å²) in [7, 11) is 0. The predicted molar refractivity (Wildman–Crippen MR) is 127 cm³/mol. The van der Waals surface area contributed by atoms with Crippen LogP contribution in [0, 0.1) is 19.8 Å². The largest absolute Gasteiger partial charge is 0.368 e. The molecule has 0 saturated carbocycles. The fourth-order valence-electron chi connectivity index (χ4n) is 4.82. The molecule has 6 heteroatoms. The normalized spacial score (nSPS) is 21.8. The molecule has 2 saturated heterocycles. The summed E-state index contributed by atoms with van der Waals surface area (Å²) in [6.45, 7) is 9.25. The highest BCUT2D eigenvalue weighted by atomic mass is 35.5. The molecule has 0 radical (unpaired) electrons. The molecule has 2 aromatic carbocycles. The van der Waals surface area contributed by atoms with Gasteiger partial charge in [0.05, 0.1) is 5.92 Å². The highest BCUT2D eigenvalue weighted by molar-refractivity contribution is 6.30. The maximum Gasteiger partial charge on any atom is 0.227 e. The summed E-state index contributed by atoms with van der Waals surface area (Å²) in [5, 5.41) is 4.21. The van der Waals surface area contributed by atoms with E-state index in [4.69, 9.17) is 11.6 Å². The lowest BCUT2D eigenvalue weighted by Gasteiger charge is -2.41. The predicted octanol–water partition coefficient (Wildman–Crippen LogP) is 4.42. The van der Waals surface area contributed by atoms with Crippen LogP contribution < -0.4 is 10.2 Å². The number of nitrogens with one attached hydrogen (secondary N) is 1. The molecule has 1 N–H and O–H groups in total.